The predicted molar refractivity (Wildman–Crippen MR) is 155 cm³/mol. The Morgan fingerprint density at radius 2 is 1.07 bits per heavy atom. The Balaban J connectivity index is 2.47. The van der Waals surface area contributed by atoms with Crippen molar-refractivity contribution in [2.75, 3.05) is 98.0 Å². The molecule has 0 radical (unpaired) electrons. The summed E-state index contributed by atoms with van der Waals surface area (Å²) in [5, 5.41) is 0. The molecule has 0 aromatic rings. The summed E-state index contributed by atoms with van der Waals surface area (Å²) in [4.78, 5) is 12.1. The Bertz CT molecular complexity index is 793. The fourth-order valence-electron chi connectivity index (χ4n) is 5.93. The summed E-state index contributed by atoms with van der Waals surface area (Å²) >= 11 is 0. The van der Waals surface area contributed by atoms with Gasteiger partial charge in [0.15, 0.2) is 18.9 Å². The van der Waals surface area contributed by atoms with Crippen molar-refractivity contribution in [1.82, 2.24) is 0 Å². The normalized spacial score (nSPS) is 35.1. The van der Waals surface area contributed by atoms with Crippen LogP contribution >= 0.6 is 0 Å². The van der Waals surface area contributed by atoms with Crippen LogP contribution < -0.4 is 0 Å². The average Bonchev–Trinajstić information content (AvgIpc) is 3.05. The second-order valence-corrected chi connectivity index (χ2v) is 10.5. The van der Waals surface area contributed by atoms with Crippen LogP contribution in [-0.2, 0) is 75.8 Å². The van der Waals surface area contributed by atoms with Gasteiger partial charge in [0.05, 0.1) is 19.8 Å². The number of ether oxygens (including phenoxy) is 15. The van der Waals surface area contributed by atoms with Gasteiger partial charge in [-0.3, -0.25) is 0 Å². The molecule has 14 atom stereocenters. The number of carbonyl (C=O) groups excluding carboxylic acids is 1. The summed E-state index contributed by atoms with van der Waals surface area (Å²) in [6.07, 6.45) is -10.5. The second kappa shape index (κ2) is 21.1. The third kappa shape index (κ3) is 9.81. The summed E-state index contributed by atoms with van der Waals surface area (Å²) in [5.41, 5.74) is 0. The molecule has 0 aromatic carbocycles. The number of methoxy groups -OCH3 is 11. The maximum atomic E-state index is 12.1. The van der Waals surface area contributed by atoms with Crippen LogP contribution in [0.3, 0.4) is 0 Å². The molecule has 0 saturated carbocycles. The van der Waals surface area contributed by atoms with Crippen LogP contribution in [0.4, 0.5) is 0 Å². The van der Waals surface area contributed by atoms with Gasteiger partial charge in [-0.05, 0) is 0 Å². The molecule has 0 aromatic heterocycles. The molecule has 2 fully saturated rings. The largest absolute Gasteiger partial charge is 0.382 e. The van der Waals surface area contributed by atoms with E-state index in [9.17, 15) is 4.79 Å². The fourth-order valence-corrected chi connectivity index (χ4v) is 5.93. The van der Waals surface area contributed by atoms with Gasteiger partial charge in [-0.25, -0.2) is 0 Å². The molecule has 2 rings (SSSR count). The molecule has 0 N–H and O–H groups in total. The average molecular weight is 659 g/mol. The lowest BCUT2D eigenvalue weighted by atomic mass is 9.96. The van der Waals surface area contributed by atoms with Gasteiger partial charge in [-0.1, -0.05) is 0 Å². The maximum absolute atomic E-state index is 12.1. The van der Waals surface area contributed by atoms with Crippen LogP contribution in [0.25, 0.3) is 0 Å². The summed E-state index contributed by atoms with van der Waals surface area (Å²) in [6, 6.07) is 0. The summed E-state index contributed by atoms with van der Waals surface area (Å²) < 4.78 is 87.9. The van der Waals surface area contributed by atoms with Crippen LogP contribution in [0.1, 0.15) is 0 Å². The third-order valence-electron chi connectivity index (χ3n) is 8.11. The smallest absolute Gasteiger partial charge is 0.187 e. The van der Waals surface area contributed by atoms with Crippen molar-refractivity contribution in [3.05, 3.63) is 0 Å². The Hall–Kier alpha value is -0.930. The van der Waals surface area contributed by atoms with Crippen LogP contribution in [-0.4, -0.2) is 190 Å². The minimum absolute atomic E-state index is 0.0746. The molecule has 16 heteroatoms. The first-order chi connectivity index (χ1) is 21.8. The van der Waals surface area contributed by atoms with Crippen molar-refractivity contribution < 1.29 is 75.8 Å². The molecule has 14 unspecified atom stereocenters. The van der Waals surface area contributed by atoms with E-state index in [1.807, 2.05) is 0 Å². The second-order valence-electron chi connectivity index (χ2n) is 10.5. The molecule has 0 spiro atoms. The number of hydrogen-bond donors (Lipinski definition) is 0. The molecular weight excluding hydrogens is 604 g/mol. The Labute approximate surface area is 266 Å². The van der Waals surface area contributed by atoms with Crippen molar-refractivity contribution in [3.8, 4) is 0 Å². The molecule has 2 aliphatic rings. The fraction of sp³-hybridized carbons (Fsp3) is 0.966. The Morgan fingerprint density at radius 1 is 0.556 bits per heavy atom. The van der Waals surface area contributed by atoms with Crippen LogP contribution in [0.5, 0.6) is 0 Å². The van der Waals surface area contributed by atoms with Gasteiger partial charge < -0.3 is 75.8 Å². The Morgan fingerprint density at radius 3 is 1.51 bits per heavy atom. The maximum Gasteiger partial charge on any atom is 0.187 e. The predicted octanol–water partition coefficient (Wildman–Crippen LogP) is -0.535. The van der Waals surface area contributed by atoms with E-state index in [1.54, 1.807) is 21.3 Å². The summed E-state index contributed by atoms with van der Waals surface area (Å²) in [7, 11) is 16.6. The number of aldehydes is 1. The van der Waals surface area contributed by atoms with Crippen LogP contribution in [0.2, 0.25) is 0 Å². The lowest BCUT2D eigenvalue weighted by molar-refractivity contribution is -0.374. The highest BCUT2D eigenvalue weighted by atomic mass is 16.8. The first kappa shape index (κ1) is 40.2. The number of rotatable bonds is 22. The van der Waals surface area contributed by atoms with Gasteiger partial charge >= 0.3 is 0 Å². The first-order valence-electron chi connectivity index (χ1n) is 14.6. The van der Waals surface area contributed by atoms with Gasteiger partial charge in [-0.2, -0.15) is 0 Å². The lowest BCUT2D eigenvalue weighted by Crippen LogP contribution is -2.66. The van der Waals surface area contributed by atoms with E-state index in [1.165, 1.54) is 56.9 Å². The highest BCUT2D eigenvalue weighted by Crippen LogP contribution is 2.35. The zero-order valence-electron chi connectivity index (χ0n) is 28.3. The number of hydrogen-bond acceptors (Lipinski definition) is 16. The third-order valence-corrected chi connectivity index (χ3v) is 8.11. The van der Waals surface area contributed by atoms with Crippen molar-refractivity contribution >= 4 is 6.29 Å². The Kier molecular flexibility index (Phi) is 18.9. The van der Waals surface area contributed by atoms with E-state index >= 15 is 0 Å². The molecule has 2 heterocycles. The van der Waals surface area contributed by atoms with E-state index in [4.69, 9.17) is 71.1 Å². The minimum Gasteiger partial charge on any atom is -0.382 e. The van der Waals surface area contributed by atoms with E-state index in [0.717, 1.165) is 0 Å². The molecular formula is C29H54O16. The van der Waals surface area contributed by atoms with Crippen LogP contribution in [0.15, 0.2) is 0 Å². The summed E-state index contributed by atoms with van der Waals surface area (Å²) in [5.74, 6) is 0. The van der Waals surface area contributed by atoms with Gasteiger partial charge in [-0.15, -0.1) is 0 Å². The van der Waals surface area contributed by atoms with E-state index in [0.29, 0.717) is 6.29 Å². The monoisotopic (exact) mass is 658 g/mol. The topological polar surface area (TPSA) is 156 Å². The van der Waals surface area contributed by atoms with Crippen molar-refractivity contribution in [3.63, 3.8) is 0 Å². The molecule has 0 bridgehead atoms. The van der Waals surface area contributed by atoms with Crippen molar-refractivity contribution in [2.24, 2.45) is 0 Å². The highest BCUT2D eigenvalue weighted by molar-refractivity contribution is 5.57. The molecule has 2 aliphatic heterocycles. The standard InChI is InChI=1S/C29H54O16/c1-31-13-17(35-5)20(36-6)22(16(12-30)34-4)44-29-27(41-11)25(39-9)23(19(43-29)15-33-3)45-28-26(40-10)24(38-8)21(37-7)18(42-28)14-32-2/h12,16-29H,13-15H2,1-11H3. The van der Waals surface area contributed by atoms with Gasteiger partial charge in [0.1, 0.15) is 73.2 Å². The minimum atomic E-state index is -1.10. The quantitative estimate of drug-likeness (QED) is 0.137. The highest BCUT2D eigenvalue weighted by Gasteiger charge is 2.54. The van der Waals surface area contributed by atoms with Crippen molar-refractivity contribution in [1.29, 1.82) is 0 Å². The van der Waals surface area contributed by atoms with Crippen LogP contribution in [0, 0.1) is 0 Å². The zero-order chi connectivity index (χ0) is 33.5. The number of carbonyl (C=O) groups is 1. The molecule has 0 aliphatic carbocycles. The molecule has 16 nitrogen and oxygen atoms in total. The van der Waals surface area contributed by atoms with E-state index in [-0.39, 0.29) is 19.8 Å². The molecule has 266 valence electrons. The van der Waals surface area contributed by atoms with Gasteiger partial charge in [0.25, 0.3) is 0 Å². The first-order valence-corrected chi connectivity index (χ1v) is 14.6. The van der Waals surface area contributed by atoms with Gasteiger partial charge in [0.2, 0.25) is 0 Å². The summed E-state index contributed by atoms with van der Waals surface area (Å²) in [6.45, 7) is 0.447. The molecule has 2 saturated heterocycles. The van der Waals surface area contributed by atoms with E-state index < -0.39 is 85.8 Å². The lowest BCUT2D eigenvalue weighted by Gasteiger charge is -2.50. The van der Waals surface area contributed by atoms with E-state index in [2.05, 4.69) is 0 Å². The molecule has 45 heavy (non-hydrogen) atoms. The SMILES string of the molecule is COCC(OC)C(OC)C(OC1OC(COC)C(OC2OC(COC)C(OC)C(OC)C2OC)C(OC)C1OC)C(C=O)OC. The molecule has 0 amide bonds. The zero-order valence-corrected chi connectivity index (χ0v) is 28.3. The van der Waals surface area contributed by atoms with Crippen molar-refractivity contribution in [2.45, 2.75) is 85.8 Å². The van der Waals surface area contributed by atoms with Gasteiger partial charge in [0, 0.05) is 78.2 Å².